The molecule has 26 heavy (non-hydrogen) atoms. The zero-order chi connectivity index (χ0) is 18.6. The number of ether oxygens (including phenoxy) is 1. The molecule has 0 bridgehead atoms. The van der Waals surface area contributed by atoms with E-state index in [1.807, 2.05) is 36.4 Å². The SMILES string of the molecule is COCCc1ccc(OS(=O)(=O)c2csc(-c3ccc(Br)cc3)n2)cc1. The van der Waals surface area contributed by atoms with E-state index in [9.17, 15) is 8.42 Å². The van der Waals surface area contributed by atoms with E-state index >= 15 is 0 Å². The molecule has 0 radical (unpaired) electrons. The lowest BCUT2D eigenvalue weighted by Gasteiger charge is -2.06. The fourth-order valence-electron chi connectivity index (χ4n) is 2.20. The van der Waals surface area contributed by atoms with Gasteiger partial charge in [-0.15, -0.1) is 11.3 Å². The molecule has 0 aliphatic rings. The van der Waals surface area contributed by atoms with Gasteiger partial charge in [-0.05, 0) is 36.2 Å². The van der Waals surface area contributed by atoms with Gasteiger partial charge in [0.05, 0.1) is 6.61 Å². The van der Waals surface area contributed by atoms with Crippen molar-refractivity contribution in [3.8, 4) is 16.3 Å². The molecule has 136 valence electrons. The Morgan fingerprint density at radius 2 is 1.77 bits per heavy atom. The van der Waals surface area contributed by atoms with Crippen molar-refractivity contribution >= 4 is 37.4 Å². The van der Waals surface area contributed by atoms with E-state index in [-0.39, 0.29) is 10.8 Å². The molecule has 0 saturated heterocycles. The molecule has 3 rings (SSSR count). The lowest BCUT2D eigenvalue weighted by Crippen LogP contribution is -2.10. The minimum Gasteiger partial charge on any atom is -0.384 e. The van der Waals surface area contributed by atoms with Gasteiger partial charge in [0.1, 0.15) is 10.8 Å². The average Bonchev–Trinajstić information content (AvgIpc) is 3.13. The summed E-state index contributed by atoms with van der Waals surface area (Å²) in [6.45, 7) is 0.607. The summed E-state index contributed by atoms with van der Waals surface area (Å²) in [6.07, 6.45) is 0.756. The number of hydrogen-bond acceptors (Lipinski definition) is 6. The molecule has 2 aromatic carbocycles. The third-order valence-corrected chi connectivity index (χ3v) is 6.26. The van der Waals surface area contributed by atoms with Gasteiger partial charge >= 0.3 is 10.1 Å². The van der Waals surface area contributed by atoms with Crippen LogP contribution in [0.1, 0.15) is 5.56 Å². The highest BCUT2D eigenvalue weighted by atomic mass is 79.9. The van der Waals surface area contributed by atoms with Crippen LogP contribution in [-0.4, -0.2) is 27.1 Å². The maximum Gasteiger partial charge on any atom is 0.357 e. The lowest BCUT2D eigenvalue weighted by molar-refractivity contribution is 0.202. The van der Waals surface area contributed by atoms with Crippen LogP contribution in [0.15, 0.2) is 63.4 Å². The van der Waals surface area contributed by atoms with Gasteiger partial charge in [-0.3, -0.25) is 0 Å². The Kier molecular flexibility index (Phi) is 6.08. The highest BCUT2D eigenvalue weighted by Crippen LogP contribution is 2.28. The molecule has 1 heterocycles. The minimum absolute atomic E-state index is 0.0936. The van der Waals surface area contributed by atoms with Crippen molar-refractivity contribution in [2.75, 3.05) is 13.7 Å². The first kappa shape index (κ1) is 19.0. The molecule has 0 unspecified atom stereocenters. The highest BCUT2D eigenvalue weighted by molar-refractivity contribution is 9.10. The first-order valence-electron chi connectivity index (χ1n) is 7.72. The van der Waals surface area contributed by atoms with Crippen LogP contribution in [0.3, 0.4) is 0 Å². The van der Waals surface area contributed by atoms with Gasteiger partial charge in [0.15, 0.2) is 0 Å². The fourth-order valence-corrected chi connectivity index (χ4v) is 4.48. The van der Waals surface area contributed by atoms with Crippen LogP contribution < -0.4 is 4.18 Å². The van der Waals surface area contributed by atoms with Gasteiger partial charge in [0.25, 0.3) is 0 Å². The summed E-state index contributed by atoms with van der Waals surface area (Å²) in [5, 5.41) is 2.01. The van der Waals surface area contributed by atoms with Gasteiger partial charge in [-0.1, -0.05) is 40.2 Å². The Bertz CT molecular complexity index is 967. The molecule has 0 atom stereocenters. The van der Waals surface area contributed by atoms with Gasteiger partial charge in [-0.25, -0.2) is 4.98 Å². The van der Waals surface area contributed by atoms with Crippen LogP contribution in [0, 0.1) is 0 Å². The first-order valence-corrected chi connectivity index (χ1v) is 10.8. The van der Waals surface area contributed by atoms with E-state index in [4.69, 9.17) is 8.92 Å². The smallest absolute Gasteiger partial charge is 0.357 e. The highest BCUT2D eigenvalue weighted by Gasteiger charge is 2.21. The Balaban J connectivity index is 1.75. The molecule has 0 amide bonds. The van der Waals surface area contributed by atoms with Crippen molar-refractivity contribution < 1.29 is 17.3 Å². The summed E-state index contributed by atoms with van der Waals surface area (Å²) < 4.78 is 36.1. The molecular weight excluding hydrogens is 438 g/mol. The summed E-state index contributed by atoms with van der Waals surface area (Å²) in [6, 6.07) is 14.4. The molecule has 8 heteroatoms. The number of nitrogens with zero attached hydrogens (tertiary/aromatic N) is 1. The summed E-state index contributed by atoms with van der Waals surface area (Å²) in [5.74, 6) is 0.254. The van der Waals surface area contributed by atoms with Gasteiger partial charge in [0, 0.05) is 22.5 Å². The number of halogens is 1. The maximum absolute atomic E-state index is 12.5. The molecular formula is C18H16BrNO4S2. The van der Waals surface area contributed by atoms with E-state index in [1.165, 1.54) is 16.7 Å². The zero-order valence-electron chi connectivity index (χ0n) is 13.9. The molecule has 0 aliphatic heterocycles. The maximum atomic E-state index is 12.5. The molecule has 0 saturated carbocycles. The standard InChI is InChI=1S/C18H16BrNO4S2/c1-23-11-10-13-2-8-16(9-3-13)24-26(21,22)17-12-25-18(20-17)14-4-6-15(19)7-5-14/h2-9,12H,10-11H2,1H3. The molecule has 0 aliphatic carbocycles. The summed E-state index contributed by atoms with van der Waals surface area (Å²) in [4.78, 5) is 4.21. The van der Waals surface area contributed by atoms with E-state index in [0.717, 1.165) is 22.0 Å². The predicted octanol–water partition coefficient (Wildman–Crippen LogP) is 4.53. The second-order valence-electron chi connectivity index (χ2n) is 5.42. The van der Waals surface area contributed by atoms with Crippen LogP contribution in [0.2, 0.25) is 0 Å². The number of benzene rings is 2. The van der Waals surface area contributed by atoms with Gasteiger partial charge < -0.3 is 8.92 Å². The average molecular weight is 454 g/mol. The largest absolute Gasteiger partial charge is 0.384 e. The van der Waals surface area contributed by atoms with Gasteiger partial charge in [-0.2, -0.15) is 8.42 Å². The van der Waals surface area contributed by atoms with Crippen LogP contribution >= 0.6 is 27.3 Å². The van der Waals surface area contributed by atoms with E-state index in [2.05, 4.69) is 20.9 Å². The topological polar surface area (TPSA) is 65.5 Å². The predicted molar refractivity (Wildman–Crippen MR) is 105 cm³/mol. The molecule has 0 spiro atoms. The van der Waals surface area contributed by atoms with Crippen LogP contribution in [0.4, 0.5) is 0 Å². The zero-order valence-corrected chi connectivity index (χ0v) is 17.1. The van der Waals surface area contributed by atoms with E-state index in [0.29, 0.717) is 11.6 Å². The van der Waals surface area contributed by atoms with Crippen molar-refractivity contribution in [1.82, 2.24) is 4.98 Å². The van der Waals surface area contributed by atoms with E-state index in [1.54, 1.807) is 19.2 Å². The molecule has 0 N–H and O–H groups in total. The van der Waals surface area contributed by atoms with Crippen molar-refractivity contribution in [1.29, 1.82) is 0 Å². The molecule has 3 aromatic rings. The summed E-state index contributed by atoms with van der Waals surface area (Å²) >= 11 is 4.63. The Morgan fingerprint density at radius 3 is 2.42 bits per heavy atom. The lowest BCUT2D eigenvalue weighted by atomic mass is 10.1. The molecule has 0 fully saturated rings. The van der Waals surface area contributed by atoms with Crippen molar-refractivity contribution in [3.05, 3.63) is 63.9 Å². The Labute approximate surface area is 164 Å². The van der Waals surface area contributed by atoms with E-state index < -0.39 is 10.1 Å². The van der Waals surface area contributed by atoms with Crippen LogP contribution in [0.5, 0.6) is 5.75 Å². The molecule has 1 aromatic heterocycles. The normalized spacial score (nSPS) is 11.5. The first-order chi connectivity index (χ1) is 12.5. The second kappa shape index (κ2) is 8.30. The fraction of sp³-hybridized carbons (Fsp3) is 0.167. The number of hydrogen-bond donors (Lipinski definition) is 0. The number of aromatic nitrogens is 1. The minimum atomic E-state index is -3.97. The number of thiazole rings is 1. The number of rotatable bonds is 7. The van der Waals surface area contributed by atoms with Crippen LogP contribution in [-0.2, 0) is 21.3 Å². The number of methoxy groups -OCH3 is 1. The van der Waals surface area contributed by atoms with Crippen LogP contribution in [0.25, 0.3) is 10.6 Å². The third kappa shape index (κ3) is 4.70. The van der Waals surface area contributed by atoms with Crippen molar-refractivity contribution in [3.63, 3.8) is 0 Å². The Hall–Kier alpha value is -1.74. The molecule has 5 nitrogen and oxygen atoms in total. The second-order valence-corrected chi connectivity index (χ2v) is 8.69. The monoisotopic (exact) mass is 453 g/mol. The third-order valence-electron chi connectivity index (χ3n) is 3.55. The summed E-state index contributed by atoms with van der Waals surface area (Å²) in [5.41, 5.74) is 1.89. The van der Waals surface area contributed by atoms with Gasteiger partial charge in [0.2, 0.25) is 5.03 Å². The van der Waals surface area contributed by atoms with Crippen molar-refractivity contribution in [2.24, 2.45) is 0 Å². The van der Waals surface area contributed by atoms with Crippen molar-refractivity contribution in [2.45, 2.75) is 11.4 Å². The quantitative estimate of drug-likeness (QED) is 0.491. The Morgan fingerprint density at radius 1 is 1.08 bits per heavy atom. The summed E-state index contributed by atoms with van der Waals surface area (Å²) in [7, 11) is -2.33.